The Morgan fingerprint density at radius 1 is 0.919 bits per heavy atom. The van der Waals surface area contributed by atoms with Crippen molar-refractivity contribution >= 4 is 30.9 Å². The molecule has 2 aromatic rings. The molecule has 37 heavy (non-hydrogen) atoms. The first kappa shape index (κ1) is 26.8. The number of aryl methyl sites for hydroxylation is 1. The van der Waals surface area contributed by atoms with Crippen LogP contribution in [-0.2, 0) is 35.2 Å². The summed E-state index contributed by atoms with van der Waals surface area (Å²) in [5.41, 5.74) is 3.97. The van der Waals surface area contributed by atoms with Gasteiger partial charge >= 0.3 is 20.2 Å². The summed E-state index contributed by atoms with van der Waals surface area (Å²) in [6, 6.07) is 13.2. The van der Waals surface area contributed by atoms with Crippen LogP contribution in [0.5, 0.6) is 5.75 Å². The normalized spacial score (nSPS) is 19.9. The first-order valence-electron chi connectivity index (χ1n) is 11.2. The van der Waals surface area contributed by atoms with Gasteiger partial charge in [-0.25, -0.2) is 0 Å². The van der Waals surface area contributed by atoms with E-state index in [4.69, 9.17) is 13.7 Å². The van der Waals surface area contributed by atoms with Crippen molar-refractivity contribution < 1.29 is 25.3 Å². The van der Waals surface area contributed by atoms with E-state index in [1.54, 1.807) is 12.1 Å². The summed E-state index contributed by atoms with van der Waals surface area (Å²) in [5.74, 6) is 0.480. The average Bonchev–Trinajstić information content (AvgIpc) is 3.33. The second-order valence-corrected chi connectivity index (χ2v) is 13.1. The van der Waals surface area contributed by atoms with E-state index >= 15 is 0 Å². The van der Waals surface area contributed by atoms with Gasteiger partial charge in [0.25, 0.3) is 0 Å². The first-order chi connectivity index (χ1) is 17.6. The summed E-state index contributed by atoms with van der Waals surface area (Å²) in [6.45, 7) is 3.80. The van der Waals surface area contributed by atoms with Crippen LogP contribution in [0.1, 0.15) is 25.3 Å². The molecule has 0 aromatic heterocycles. The van der Waals surface area contributed by atoms with Gasteiger partial charge in [-0.15, -0.1) is 4.28 Å². The SMILES string of the molecule is CC1=C(CC#N)CC(=C2C=CCS2=NOS(=O)(=O)c2ccc(OS(=O)(=O)c3ccc(C)cc3)cc2)C=C1. The molecule has 1 aliphatic carbocycles. The summed E-state index contributed by atoms with van der Waals surface area (Å²) in [5, 5.41) is 9.08. The Labute approximate surface area is 219 Å². The molecule has 192 valence electrons. The maximum atomic E-state index is 12.7. The smallest absolute Gasteiger partial charge is 0.339 e. The minimum Gasteiger partial charge on any atom is -0.379 e. The lowest BCUT2D eigenvalue weighted by atomic mass is 9.92. The Balaban J connectivity index is 1.48. The summed E-state index contributed by atoms with van der Waals surface area (Å²) >= 11 is 0. The number of nitriles is 1. The standard InChI is InChI=1S/C26H24N2O6S3/c1-19-5-11-24(12-6-19)36(29,30)33-23-9-13-25(14-10-23)37(31,32)34-28-35-17-3-4-26(35)22-8-7-20(2)21(18-22)15-16-27/h3-14H,15,17-18H2,1-2H3. The molecular weight excluding hydrogens is 532 g/mol. The fourth-order valence-corrected chi connectivity index (χ4v) is 7.04. The molecule has 1 unspecified atom stereocenters. The topological polar surface area (TPSA) is 123 Å². The lowest BCUT2D eigenvalue weighted by molar-refractivity contribution is 0.346. The molecule has 0 saturated carbocycles. The van der Waals surface area contributed by atoms with E-state index in [0.29, 0.717) is 18.6 Å². The highest BCUT2D eigenvalue weighted by Gasteiger charge is 2.21. The van der Waals surface area contributed by atoms with Gasteiger partial charge in [-0.2, -0.15) is 22.1 Å². The fraction of sp³-hybridized carbons (Fsp3) is 0.192. The summed E-state index contributed by atoms with van der Waals surface area (Å²) < 4.78 is 64.6. The second kappa shape index (κ2) is 11.0. The molecule has 0 saturated heterocycles. The van der Waals surface area contributed by atoms with Crippen LogP contribution in [-0.4, -0.2) is 22.6 Å². The molecule has 2 aromatic carbocycles. The highest BCUT2D eigenvalue weighted by molar-refractivity contribution is 7.92. The highest BCUT2D eigenvalue weighted by Crippen LogP contribution is 2.31. The van der Waals surface area contributed by atoms with Gasteiger partial charge < -0.3 is 4.18 Å². The summed E-state index contributed by atoms with van der Waals surface area (Å²) in [7, 11) is -9.12. The first-order valence-corrected chi connectivity index (χ1v) is 15.4. The minimum absolute atomic E-state index is 0.00812. The molecule has 1 heterocycles. The molecule has 0 N–H and O–H groups in total. The third-order valence-corrected chi connectivity index (χ3v) is 9.87. The number of rotatable bonds is 7. The van der Waals surface area contributed by atoms with Crippen molar-refractivity contribution in [2.75, 3.05) is 5.75 Å². The van der Waals surface area contributed by atoms with E-state index in [-0.39, 0.29) is 15.5 Å². The molecule has 0 bridgehead atoms. The van der Waals surface area contributed by atoms with E-state index < -0.39 is 30.9 Å². The van der Waals surface area contributed by atoms with Gasteiger partial charge in [0.05, 0.1) is 17.4 Å². The van der Waals surface area contributed by atoms with E-state index in [1.807, 2.05) is 38.2 Å². The third-order valence-electron chi connectivity index (χ3n) is 5.73. The lowest BCUT2D eigenvalue weighted by Gasteiger charge is -2.16. The number of allylic oxidation sites excluding steroid dienone is 6. The van der Waals surface area contributed by atoms with Crippen molar-refractivity contribution in [1.82, 2.24) is 0 Å². The van der Waals surface area contributed by atoms with Crippen molar-refractivity contribution in [3.8, 4) is 11.8 Å². The zero-order chi connectivity index (χ0) is 26.6. The molecule has 8 nitrogen and oxygen atoms in total. The largest absolute Gasteiger partial charge is 0.379 e. The van der Waals surface area contributed by atoms with E-state index in [2.05, 4.69) is 10.6 Å². The van der Waals surface area contributed by atoms with E-state index in [9.17, 15) is 16.8 Å². The molecule has 11 heteroatoms. The lowest BCUT2D eigenvalue weighted by Crippen LogP contribution is -2.10. The Morgan fingerprint density at radius 2 is 1.57 bits per heavy atom. The summed E-state index contributed by atoms with van der Waals surface area (Å²) in [4.78, 5) is 0.680. The molecule has 0 radical (unpaired) electrons. The van der Waals surface area contributed by atoms with E-state index in [0.717, 1.165) is 27.2 Å². The number of benzene rings is 2. The van der Waals surface area contributed by atoms with Gasteiger partial charge in [0.15, 0.2) is 0 Å². The van der Waals surface area contributed by atoms with Crippen molar-refractivity contribution in [2.24, 2.45) is 4.53 Å². The van der Waals surface area contributed by atoms with Crippen LogP contribution in [0.25, 0.3) is 0 Å². The fourth-order valence-electron chi connectivity index (χ4n) is 3.64. The van der Waals surface area contributed by atoms with Crippen molar-refractivity contribution in [1.29, 1.82) is 5.26 Å². The van der Waals surface area contributed by atoms with Gasteiger partial charge in [0, 0.05) is 10.7 Å². The quantitative estimate of drug-likeness (QED) is 0.339. The number of hydrogen-bond donors (Lipinski definition) is 0. The molecule has 1 aliphatic heterocycles. The minimum atomic E-state index is -4.23. The molecule has 0 amide bonds. The van der Waals surface area contributed by atoms with Gasteiger partial charge in [-0.1, -0.05) is 52.1 Å². The third kappa shape index (κ3) is 6.34. The highest BCUT2D eigenvalue weighted by atomic mass is 32.2. The van der Waals surface area contributed by atoms with Gasteiger partial charge in [0.1, 0.15) is 10.6 Å². The monoisotopic (exact) mass is 556 g/mol. The van der Waals surface area contributed by atoms with Crippen LogP contribution in [0.4, 0.5) is 0 Å². The van der Waals surface area contributed by atoms with Crippen LogP contribution < -0.4 is 4.18 Å². The molecule has 1 atom stereocenters. The van der Waals surface area contributed by atoms with Crippen LogP contribution >= 0.6 is 0 Å². The van der Waals surface area contributed by atoms with E-state index in [1.165, 1.54) is 36.4 Å². The van der Waals surface area contributed by atoms with Crippen LogP contribution in [0.3, 0.4) is 0 Å². The molecule has 2 aliphatic rings. The van der Waals surface area contributed by atoms with Crippen LogP contribution in [0.15, 0.2) is 109 Å². The number of nitrogens with zero attached hydrogens (tertiary/aromatic N) is 2. The molecule has 0 fully saturated rings. The average molecular weight is 557 g/mol. The predicted octanol–water partition coefficient (Wildman–Crippen LogP) is 5.20. The Kier molecular flexibility index (Phi) is 7.94. The summed E-state index contributed by atoms with van der Waals surface area (Å²) in [6.07, 6.45) is 8.68. The Bertz CT molecular complexity index is 1620. The van der Waals surface area contributed by atoms with Crippen molar-refractivity contribution in [3.63, 3.8) is 0 Å². The molecule has 0 spiro atoms. The van der Waals surface area contributed by atoms with Crippen molar-refractivity contribution in [2.45, 2.75) is 36.5 Å². The molecule has 4 rings (SSSR count). The van der Waals surface area contributed by atoms with Gasteiger partial charge in [-0.05, 0) is 78.5 Å². The van der Waals surface area contributed by atoms with Crippen LogP contribution in [0, 0.1) is 18.3 Å². The second-order valence-electron chi connectivity index (χ2n) is 8.38. The zero-order valence-corrected chi connectivity index (χ0v) is 22.6. The Hall–Kier alpha value is -3.30. The maximum absolute atomic E-state index is 12.7. The van der Waals surface area contributed by atoms with Crippen molar-refractivity contribution in [3.05, 3.63) is 100 Å². The number of hydrogen-bond acceptors (Lipinski definition) is 8. The van der Waals surface area contributed by atoms with Gasteiger partial charge in [-0.3, -0.25) is 0 Å². The zero-order valence-electron chi connectivity index (χ0n) is 20.1. The maximum Gasteiger partial charge on any atom is 0.339 e. The predicted molar refractivity (Wildman–Crippen MR) is 141 cm³/mol. The van der Waals surface area contributed by atoms with Crippen LogP contribution in [0.2, 0.25) is 0 Å². The Morgan fingerprint density at radius 3 is 2.24 bits per heavy atom. The van der Waals surface area contributed by atoms with Gasteiger partial charge in [0.2, 0.25) is 0 Å². The molecular formula is C26H24N2O6S3.